The van der Waals surface area contributed by atoms with E-state index in [0.717, 1.165) is 50.1 Å². The second kappa shape index (κ2) is 9.85. The summed E-state index contributed by atoms with van der Waals surface area (Å²) in [6, 6.07) is 8.12. The number of likely N-dealkylation sites (N-methyl/N-ethyl adjacent to an activating group) is 1. The fourth-order valence-electron chi connectivity index (χ4n) is 6.17. The van der Waals surface area contributed by atoms with E-state index in [0.29, 0.717) is 28.0 Å². The van der Waals surface area contributed by atoms with E-state index >= 15 is 0 Å². The molecule has 1 saturated carbocycles. The Balaban J connectivity index is 1.31. The summed E-state index contributed by atoms with van der Waals surface area (Å²) < 4.78 is 55.5. The second-order valence-corrected chi connectivity index (χ2v) is 13.4. The average molecular weight is 576 g/mol. The number of fused-ring (bicyclic) bond motifs is 1. The Morgan fingerprint density at radius 2 is 1.73 bits per heavy atom. The molecule has 2 aromatic carbocycles. The number of carbonyl (C=O) groups excluding carboxylic acids is 1. The average Bonchev–Trinajstić information content (AvgIpc) is 3.56. The van der Waals surface area contributed by atoms with Gasteiger partial charge in [0.1, 0.15) is 0 Å². The molecule has 2 aromatic rings. The van der Waals surface area contributed by atoms with Crippen LogP contribution in [0.3, 0.4) is 0 Å². The third-order valence-electron chi connectivity index (χ3n) is 8.77. The Kier molecular flexibility index (Phi) is 6.70. The molecule has 0 radical (unpaired) electrons. The molecule has 0 bridgehead atoms. The van der Waals surface area contributed by atoms with Crippen molar-refractivity contribution >= 4 is 38.7 Å². The van der Waals surface area contributed by atoms with Crippen molar-refractivity contribution in [2.45, 2.75) is 42.9 Å². The molecule has 1 amide bonds. The topological polar surface area (TPSA) is 105 Å². The lowest BCUT2D eigenvalue weighted by Crippen LogP contribution is -2.56. The van der Waals surface area contributed by atoms with Gasteiger partial charge in [-0.3, -0.25) is 4.79 Å². The summed E-state index contributed by atoms with van der Waals surface area (Å²) >= 11 is 0. The first-order chi connectivity index (χ1) is 19.0. The van der Waals surface area contributed by atoms with Gasteiger partial charge in [0.2, 0.25) is 10.0 Å². The number of nitrogens with zero attached hydrogens (tertiary/aromatic N) is 3. The van der Waals surface area contributed by atoms with Crippen molar-refractivity contribution < 1.29 is 27.1 Å². The molecular formula is C28H35F2N5O4S. The fourth-order valence-corrected chi connectivity index (χ4v) is 7.21. The number of hydrogen-bond acceptors (Lipinski definition) is 7. The number of aliphatic hydroxyl groups is 1. The third kappa shape index (κ3) is 5.12. The van der Waals surface area contributed by atoms with Gasteiger partial charge in [0.25, 0.3) is 11.8 Å². The first-order valence-corrected chi connectivity index (χ1v) is 15.3. The van der Waals surface area contributed by atoms with Gasteiger partial charge in [0.15, 0.2) is 0 Å². The van der Waals surface area contributed by atoms with Gasteiger partial charge >= 0.3 is 0 Å². The minimum atomic E-state index is -3.85. The minimum absolute atomic E-state index is 0.0576. The number of nitrogens with one attached hydrogen (secondary N) is 2. The maximum absolute atomic E-state index is 13.7. The van der Waals surface area contributed by atoms with E-state index in [4.69, 9.17) is 5.11 Å². The summed E-state index contributed by atoms with van der Waals surface area (Å²) in [5.41, 5.74) is 4.38. The van der Waals surface area contributed by atoms with Gasteiger partial charge in [-0.25, -0.2) is 21.9 Å². The Hall–Kier alpha value is -2.96. The number of amides is 1. The summed E-state index contributed by atoms with van der Waals surface area (Å²) in [6.07, 6.45) is 5.20. The van der Waals surface area contributed by atoms with Crippen molar-refractivity contribution in [3.05, 3.63) is 41.5 Å². The van der Waals surface area contributed by atoms with Gasteiger partial charge in [-0.05, 0) is 73.4 Å². The Labute approximate surface area is 233 Å². The van der Waals surface area contributed by atoms with Gasteiger partial charge in [-0.1, -0.05) is 0 Å². The zero-order chi connectivity index (χ0) is 28.3. The molecule has 40 heavy (non-hydrogen) atoms. The van der Waals surface area contributed by atoms with Gasteiger partial charge in [-0.2, -0.15) is 0 Å². The monoisotopic (exact) mass is 575 g/mol. The molecule has 0 atom stereocenters. The van der Waals surface area contributed by atoms with Crippen molar-refractivity contribution in [3.63, 3.8) is 0 Å². The molecule has 12 heteroatoms. The predicted octanol–water partition coefficient (Wildman–Crippen LogP) is 3.04. The predicted molar refractivity (Wildman–Crippen MR) is 150 cm³/mol. The highest BCUT2D eigenvalue weighted by Crippen LogP contribution is 2.54. The summed E-state index contributed by atoms with van der Waals surface area (Å²) in [5, 5.41) is 12.1. The van der Waals surface area contributed by atoms with Gasteiger partial charge in [-0.15, -0.1) is 0 Å². The molecule has 2 saturated heterocycles. The lowest BCUT2D eigenvalue weighted by Gasteiger charge is -2.42. The lowest BCUT2D eigenvalue weighted by atomic mass is 9.93. The largest absolute Gasteiger partial charge is 0.395 e. The molecule has 6 rings (SSSR count). The van der Waals surface area contributed by atoms with Crippen LogP contribution >= 0.6 is 0 Å². The molecule has 216 valence electrons. The molecule has 3 N–H and O–H groups in total. The molecule has 0 aromatic heterocycles. The second-order valence-electron chi connectivity index (χ2n) is 11.6. The number of halogens is 2. The number of rotatable bonds is 8. The molecule has 1 aliphatic carbocycles. The van der Waals surface area contributed by atoms with Crippen LogP contribution in [-0.2, 0) is 16.4 Å². The Morgan fingerprint density at radius 1 is 1.00 bits per heavy atom. The first kappa shape index (κ1) is 27.2. The summed E-state index contributed by atoms with van der Waals surface area (Å²) in [6.45, 7) is 1.10. The summed E-state index contributed by atoms with van der Waals surface area (Å²) in [7, 11) is -1.92. The Bertz CT molecular complexity index is 1430. The summed E-state index contributed by atoms with van der Waals surface area (Å²) in [5.74, 6) is -3.12. The lowest BCUT2D eigenvalue weighted by molar-refractivity contribution is -0.0262. The number of aliphatic hydroxyl groups excluding tert-OH is 1. The zero-order valence-electron chi connectivity index (χ0n) is 22.5. The van der Waals surface area contributed by atoms with Crippen LogP contribution < -0.4 is 24.7 Å². The van der Waals surface area contributed by atoms with Crippen molar-refractivity contribution in [1.29, 1.82) is 0 Å². The number of piperidine rings is 1. The molecule has 3 aliphatic heterocycles. The zero-order valence-corrected chi connectivity index (χ0v) is 23.4. The highest BCUT2D eigenvalue weighted by molar-refractivity contribution is 7.89. The maximum Gasteiger partial charge on any atom is 0.282 e. The molecule has 9 nitrogen and oxygen atoms in total. The van der Waals surface area contributed by atoms with Crippen LogP contribution in [0, 0.1) is 5.41 Å². The van der Waals surface area contributed by atoms with E-state index in [-0.39, 0.29) is 37.0 Å². The van der Waals surface area contributed by atoms with E-state index in [1.807, 2.05) is 18.0 Å². The number of benzene rings is 2. The van der Waals surface area contributed by atoms with Crippen molar-refractivity contribution in [1.82, 2.24) is 4.72 Å². The number of hydrogen-bond donors (Lipinski definition) is 3. The van der Waals surface area contributed by atoms with Gasteiger partial charge in [0.05, 0.1) is 47.3 Å². The smallest absolute Gasteiger partial charge is 0.282 e. The van der Waals surface area contributed by atoms with E-state index < -0.39 is 15.9 Å². The number of anilines is 4. The molecule has 1 spiro atoms. The fraction of sp³-hybridized carbons (Fsp3) is 0.536. The Morgan fingerprint density at radius 3 is 2.38 bits per heavy atom. The van der Waals surface area contributed by atoms with E-state index in [1.54, 1.807) is 23.1 Å². The highest BCUT2D eigenvalue weighted by Gasteiger charge is 2.46. The van der Waals surface area contributed by atoms with Crippen LogP contribution in [0.5, 0.6) is 0 Å². The van der Waals surface area contributed by atoms with Crippen molar-refractivity contribution in [3.8, 4) is 0 Å². The summed E-state index contributed by atoms with van der Waals surface area (Å²) in [4.78, 5) is 19.4. The van der Waals surface area contributed by atoms with Crippen molar-refractivity contribution in [2.24, 2.45) is 5.41 Å². The van der Waals surface area contributed by atoms with Gasteiger partial charge in [0, 0.05) is 38.8 Å². The highest BCUT2D eigenvalue weighted by atomic mass is 32.2. The normalized spacial score (nSPS) is 20.9. The van der Waals surface area contributed by atoms with Crippen LogP contribution in [0.1, 0.15) is 41.6 Å². The molecular weight excluding hydrogens is 540 g/mol. The van der Waals surface area contributed by atoms with Gasteiger partial charge < -0.3 is 25.1 Å². The standard InChI is InChI=1S/C28H35F2N5O4S/c1-33-10-4-19-14-20(15-24(25(19)33)35-17-28(29,30)18-35)26(37)32-22-3-2-21(40(38,39)31-9-13-36)16-23(22)34-11-7-27(5-6-27)8-12-34/h2-3,14-16,31,36H,4-13,17-18H2,1H3,(H,32,37). The number of carbonyl (C=O) groups is 1. The minimum Gasteiger partial charge on any atom is -0.395 e. The third-order valence-corrected chi connectivity index (χ3v) is 10.2. The van der Waals surface area contributed by atoms with Crippen LogP contribution in [-0.4, -0.2) is 78.3 Å². The van der Waals surface area contributed by atoms with Crippen LogP contribution in [0.2, 0.25) is 0 Å². The van der Waals surface area contributed by atoms with E-state index in [9.17, 15) is 22.0 Å². The van der Waals surface area contributed by atoms with E-state index in [1.165, 1.54) is 18.9 Å². The van der Waals surface area contributed by atoms with E-state index in [2.05, 4.69) is 14.9 Å². The molecule has 4 aliphatic rings. The first-order valence-electron chi connectivity index (χ1n) is 13.8. The van der Waals surface area contributed by atoms with Crippen LogP contribution in [0.15, 0.2) is 35.2 Å². The SMILES string of the molecule is CN1CCc2cc(C(=O)Nc3ccc(S(=O)(=O)NCCO)cc3N3CCC4(CC3)CC4)cc(N3CC(F)(F)C3)c21. The molecule has 0 unspecified atom stereocenters. The van der Waals surface area contributed by atoms with Crippen LogP contribution in [0.4, 0.5) is 31.5 Å². The molecule has 3 fully saturated rings. The van der Waals surface area contributed by atoms with Crippen molar-refractivity contribution in [2.75, 3.05) is 72.9 Å². The maximum atomic E-state index is 13.7. The quantitative estimate of drug-likeness (QED) is 0.445. The number of alkyl halides is 2. The molecule has 3 heterocycles. The number of sulfonamides is 1. The van der Waals surface area contributed by atoms with Crippen LogP contribution in [0.25, 0.3) is 0 Å².